The molecular formula is C10H7N3O3. The fourth-order valence-corrected chi connectivity index (χ4v) is 1.10. The van der Waals surface area contributed by atoms with Gasteiger partial charge in [-0.05, 0) is 17.3 Å². The first kappa shape index (κ1) is 10.1. The number of aryl methyl sites for hydroxylation is 1. The average Bonchev–Trinajstić information content (AvgIpc) is 2.65. The second kappa shape index (κ2) is 4.37. The van der Waals surface area contributed by atoms with Crippen LogP contribution in [0, 0.1) is 6.92 Å². The van der Waals surface area contributed by atoms with Crippen LogP contribution < -0.4 is 4.74 Å². The second-order valence-corrected chi connectivity index (χ2v) is 2.90. The molecule has 0 saturated carbocycles. The van der Waals surface area contributed by atoms with Gasteiger partial charge in [-0.1, -0.05) is 6.07 Å². The van der Waals surface area contributed by atoms with Gasteiger partial charge in [-0.25, -0.2) is 4.79 Å². The van der Waals surface area contributed by atoms with Gasteiger partial charge in [0.1, 0.15) is 5.75 Å². The topological polar surface area (TPSA) is 77.6 Å². The van der Waals surface area contributed by atoms with Crippen LogP contribution in [0.1, 0.15) is 5.89 Å². The summed E-state index contributed by atoms with van der Waals surface area (Å²) in [5.41, 5.74) is 0.452. The molecule has 6 nitrogen and oxygen atoms in total. The maximum Gasteiger partial charge on any atom is 0.359 e. The van der Waals surface area contributed by atoms with E-state index in [1.165, 1.54) is 6.08 Å². The zero-order valence-corrected chi connectivity index (χ0v) is 8.38. The molecule has 1 aromatic carbocycles. The van der Waals surface area contributed by atoms with Crippen LogP contribution in [0.4, 0.5) is 5.69 Å². The first-order chi connectivity index (χ1) is 7.78. The Balaban J connectivity index is 2.21. The normalized spacial score (nSPS) is 9.56. The number of rotatable bonds is 3. The molecule has 0 fully saturated rings. The lowest BCUT2D eigenvalue weighted by molar-refractivity contribution is 0.355. The summed E-state index contributed by atoms with van der Waals surface area (Å²) < 4.78 is 10.0. The van der Waals surface area contributed by atoms with Crippen molar-refractivity contribution in [3.8, 4) is 11.8 Å². The zero-order valence-electron chi connectivity index (χ0n) is 8.38. The molecule has 0 unspecified atom stereocenters. The Hall–Kier alpha value is -2.46. The minimum atomic E-state index is 0.115. The van der Waals surface area contributed by atoms with E-state index in [-0.39, 0.29) is 6.01 Å². The Morgan fingerprint density at radius 2 is 2.38 bits per heavy atom. The lowest BCUT2D eigenvalue weighted by Gasteiger charge is -1.99. The van der Waals surface area contributed by atoms with E-state index in [4.69, 9.17) is 9.26 Å². The fourth-order valence-electron chi connectivity index (χ4n) is 1.10. The SMILES string of the molecule is Cc1nc(Oc2cccc(N=C=O)c2)no1. The summed E-state index contributed by atoms with van der Waals surface area (Å²) in [4.78, 5) is 17.4. The van der Waals surface area contributed by atoms with Gasteiger partial charge in [0.05, 0.1) is 5.69 Å². The van der Waals surface area contributed by atoms with Gasteiger partial charge in [0.25, 0.3) is 0 Å². The Morgan fingerprint density at radius 1 is 1.50 bits per heavy atom. The Bertz CT molecular complexity index is 544. The van der Waals surface area contributed by atoms with Crippen molar-refractivity contribution < 1.29 is 14.1 Å². The van der Waals surface area contributed by atoms with Crippen LogP contribution in [-0.2, 0) is 4.79 Å². The molecule has 16 heavy (non-hydrogen) atoms. The summed E-state index contributed by atoms with van der Waals surface area (Å²) in [5.74, 6) is 0.884. The number of hydrogen-bond acceptors (Lipinski definition) is 6. The van der Waals surface area contributed by atoms with E-state index in [1.807, 2.05) is 0 Å². The van der Waals surface area contributed by atoms with Crippen LogP contribution in [0.3, 0.4) is 0 Å². The molecule has 0 N–H and O–H groups in total. The van der Waals surface area contributed by atoms with Crippen molar-refractivity contribution in [1.82, 2.24) is 10.1 Å². The molecule has 0 aliphatic carbocycles. The van der Waals surface area contributed by atoms with E-state index in [1.54, 1.807) is 31.2 Å². The number of hydrogen-bond donors (Lipinski definition) is 0. The Morgan fingerprint density at radius 3 is 3.06 bits per heavy atom. The summed E-state index contributed by atoms with van der Waals surface area (Å²) in [5, 5.41) is 3.57. The van der Waals surface area contributed by atoms with E-state index in [2.05, 4.69) is 15.1 Å². The maximum atomic E-state index is 10.1. The molecular weight excluding hydrogens is 210 g/mol. The number of ether oxygens (including phenoxy) is 1. The van der Waals surface area contributed by atoms with Crippen molar-refractivity contribution in [2.75, 3.05) is 0 Å². The second-order valence-electron chi connectivity index (χ2n) is 2.90. The molecule has 1 heterocycles. The fraction of sp³-hybridized carbons (Fsp3) is 0.100. The van der Waals surface area contributed by atoms with Gasteiger partial charge >= 0.3 is 6.01 Å². The third-order valence-electron chi connectivity index (χ3n) is 1.71. The molecule has 0 radical (unpaired) electrons. The van der Waals surface area contributed by atoms with Gasteiger partial charge in [-0.2, -0.15) is 9.98 Å². The molecule has 0 atom stereocenters. The molecule has 0 bridgehead atoms. The summed E-state index contributed by atoms with van der Waals surface area (Å²) in [7, 11) is 0. The highest BCUT2D eigenvalue weighted by molar-refractivity contribution is 5.51. The standard InChI is InChI=1S/C10H7N3O3/c1-7-12-10(13-16-7)15-9-4-2-3-8(5-9)11-6-14/h2-5H,1H3. The van der Waals surface area contributed by atoms with Crippen LogP contribution in [0.2, 0.25) is 0 Å². The van der Waals surface area contributed by atoms with Crippen molar-refractivity contribution in [1.29, 1.82) is 0 Å². The van der Waals surface area contributed by atoms with Gasteiger partial charge in [0.15, 0.2) is 0 Å². The van der Waals surface area contributed by atoms with Gasteiger partial charge in [0.2, 0.25) is 12.0 Å². The van der Waals surface area contributed by atoms with E-state index >= 15 is 0 Å². The molecule has 0 saturated heterocycles. The van der Waals surface area contributed by atoms with E-state index < -0.39 is 0 Å². The molecule has 0 spiro atoms. The largest absolute Gasteiger partial charge is 0.422 e. The smallest absolute Gasteiger partial charge is 0.359 e. The monoisotopic (exact) mass is 217 g/mol. The average molecular weight is 217 g/mol. The van der Waals surface area contributed by atoms with Crippen LogP contribution >= 0.6 is 0 Å². The van der Waals surface area contributed by atoms with Crippen molar-refractivity contribution in [2.45, 2.75) is 6.92 Å². The maximum absolute atomic E-state index is 10.1. The highest BCUT2D eigenvalue weighted by Crippen LogP contribution is 2.23. The molecule has 1 aromatic heterocycles. The number of nitrogens with zero attached hydrogens (tertiary/aromatic N) is 3. The van der Waals surface area contributed by atoms with Crippen LogP contribution in [0.15, 0.2) is 33.8 Å². The third-order valence-corrected chi connectivity index (χ3v) is 1.71. The lowest BCUT2D eigenvalue weighted by Crippen LogP contribution is -1.85. The van der Waals surface area contributed by atoms with Gasteiger partial charge in [0, 0.05) is 13.0 Å². The minimum absolute atomic E-state index is 0.115. The molecule has 0 aliphatic rings. The van der Waals surface area contributed by atoms with E-state index in [0.717, 1.165) is 0 Å². The van der Waals surface area contributed by atoms with Crippen LogP contribution in [0.25, 0.3) is 0 Å². The third kappa shape index (κ3) is 2.31. The van der Waals surface area contributed by atoms with Gasteiger partial charge in [-0.15, -0.1) is 0 Å². The zero-order chi connectivity index (χ0) is 11.4. The molecule has 2 aromatic rings. The molecule has 6 heteroatoms. The van der Waals surface area contributed by atoms with E-state index in [9.17, 15) is 4.79 Å². The minimum Gasteiger partial charge on any atom is -0.422 e. The predicted molar refractivity (Wildman–Crippen MR) is 53.3 cm³/mol. The highest BCUT2D eigenvalue weighted by Gasteiger charge is 2.04. The number of isocyanates is 1. The summed E-state index contributed by atoms with van der Waals surface area (Å²) in [6.45, 7) is 1.66. The molecule has 2 rings (SSSR count). The number of carbonyl (C=O) groups excluding carboxylic acids is 1. The van der Waals surface area contributed by atoms with Crippen molar-refractivity contribution in [2.24, 2.45) is 4.99 Å². The predicted octanol–water partition coefficient (Wildman–Crippen LogP) is 2.14. The first-order valence-electron chi connectivity index (χ1n) is 4.44. The van der Waals surface area contributed by atoms with Gasteiger partial charge in [-0.3, -0.25) is 0 Å². The van der Waals surface area contributed by atoms with Crippen molar-refractivity contribution >= 4 is 11.8 Å². The quantitative estimate of drug-likeness (QED) is 0.581. The van der Waals surface area contributed by atoms with Gasteiger partial charge < -0.3 is 9.26 Å². The summed E-state index contributed by atoms with van der Waals surface area (Å²) in [6, 6.07) is 6.72. The highest BCUT2D eigenvalue weighted by atomic mass is 16.6. The molecule has 0 amide bonds. The Kier molecular flexibility index (Phi) is 2.75. The van der Waals surface area contributed by atoms with Crippen molar-refractivity contribution in [3.05, 3.63) is 30.2 Å². The van der Waals surface area contributed by atoms with Crippen molar-refractivity contribution in [3.63, 3.8) is 0 Å². The summed E-state index contributed by atoms with van der Waals surface area (Å²) >= 11 is 0. The number of benzene rings is 1. The van der Waals surface area contributed by atoms with Crippen LogP contribution in [0.5, 0.6) is 11.8 Å². The lowest BCUT2D eigenvalue weighted by atomic mass is 10.3. The first-order valence-corrected chi connectivity index (χ1v) is 4.44. The summed E-state index contributed by atoms with van der Waals surface area (Å²) in [6.07, 6.45) is 1.45. The van der Waals surface area contributed by atoms with Crippen LogP contribution in [-0.4, -0.2) is 16.2 Å². The Labute approximate surface area is 90.6 Å². The molecule has 0 aliphatic heterocycles. The van der Waals surface area contributed by atoms with E-state index in [0.29, 0.717) is 17.3 Å². The number of aliphatic imine (C=N–C) groups is 1. The molecule has 80 valence electrons. The number of aromatic nitrogens is 2.